The maximum atomic E-state index is 13.5. The minimum absolute atomic E-state index is 0.0633. The second-order valence-corrected chi connectivity index (χ2v) is 7.28. The van der Waals surface area contributed by atoms with Gasteiger partial charge < -0.3 is 10.2 Å². The molecule has 1 aliphatic rings. The standard InChI is InChI=1S/C18H27FN2O/c1-18(2,3)9-5-8-17(22)21-11-10-20-13-16(21)14-6-4-7-15(19)12-14/h4,6-7,12,16,20H,5,8-11,13H2,1-3H3. The van der Waals surface area contributed by atoms with E-state index in [-0.39, 0.29) is 23.2 Å². The van der Waals surface area contributed by atoms with Crippen molar-refractivity contribution in [3.8, 4) is 0 Å². The van der Waals surface area contributed by atoms with Crippen molar-refractivity contribution in [3.63, 3.8) is 0 Å². The molecule has 0 aliphatic carbocycles. The van der Waals surface area contributed by atoms with Crippen LogP contribution in [0.15, 0.2) is 24.3 Å². The lowest BCUT2D eigenvalue weighted by Gasteiger charge is -2.37. The van der Waals surface area contributed by atoms with Gasteiger partial charge in [0.05, 0.1) is 6.04 Å². The van der Waals surface area contributed by atoms with Crippen LogP contribution in [0.25, 0.3) is 0 Å². The van der Waals surface area contributed by atoms with Gasteiger partial charge in [-0.1, -0.05) is 32.9 Å². The van der Waals surface area contributed by atoms with E-state index in [4.69, 9.17) is 0 Å². The summed E-state index contributed by atoms with van der Waals surface area (Å²) in [6.45, 7) is 8.76. The highest BCUT2D eigenvalue weighted by Crippen LogP contribution is 2.26. The first-order chi connectivity index (χ1) is 10.4. The van der Waals surface area contributed by atoms with Gasteiger partial charge in [-0.05, 0) is 36.0 Å². The second-order valence-electron chi connectivity index (χ2n) is 7.28. The fraction of sp³-hybridized carbons (Fsp3) is 0.611. The molecule has 2 rings (SSSR count). The molecule has 0 radical (unpaired) electrons. The number of benzene rings is 1. The Morgan fingerprint density at radius 1 is 1.41 bits per heavy atom. The topological polar surface area (TPSA) is 32.3 Å². The van der Waals surface area contributed by atoms with Crippen molar-refractivity contribution in [2.45, 2.75) is 46.1 Å². The summed E-state index contributed by atoms with van der Waals surface area (Å²) in [7, 11) is 0. The van der Waals surface area contributed by atoms with E-state index in [9.17, 15) is 9.18 Å². The highest BCUT2D eigenvalue weighted by molar-refractivity contribution is 5.77. The number of rotatable bonds is 4. The van der Waals surface area contributed by atoms with Gasteiger partial charge in [-0.25, -0.2) is 4.39 Å². The first-order valence-electron chi connectivity index (χ1n) is 8.12. The van der Waals surface area contributed by atoms with Crippen LogP contribution in [0.5, 0.6) is 0 Å². The van der Waals surface area contributed by atoms with Gasteiger partial charge in [0.15, 0.2) is 0 Å². The van der Waals surface area contributed by atoms with Gasteiger partial charge in [-0.15, -0.1) is 0 Å². The van der Waals surface area contributed by atoms with E-state index in [2.05, 4.69) is 26.1 Å². The molecule has 0 saturated carbocycles. The van der Waals surface area contributed by atoms with E-state index >= 15 is 0 Å². The first-order valence-corrected chi connectivity index (χ1v) is 8.12. The average Bonchev–Trinajstić information content (AvgIpc) is 2.46. The molecular weight excluding hydrogens is 279 g/mol. The Morgan fingerprint density at radius 2 is 2.18 bits per heavy atom. The van der Waals surface area contributed by atoms with Crippen molar-refractivity contribution in [3.05, 3.63) is 35.6 Å². The predicted octanol–water partition coefficient (Wildman–Crippen LogP) is 3.52. The van der Waals surface area contributed by atoms with Crippen molar-refractivity contribution < 1.29 is 9.18 Å². The number of halogens is 1. The summed E-state index contributed by atoms with van der Waals surface area (Å²) in [5, 5.41) is 3.30. The molecule has 1 fully saturated rings. The van der Waals surface area contributed by atoms with Crippen LogP contribution in [-0.4, -0.2) is 30.4 Å². The largest absolute Gasteiger partial charge is 0.333 e. The maximum absolute atomic E-state index is 13.5. The molecule has 4 heteroatoms. The van der Waals surface area contributed by atoms with Crippen LogP contribution < -0.4 is 5.32 Å². The average molecular weight is 306 g/mol. The Kier molecular flexibility index (Phi) is 5.57. The zero-order valence-electron chi connectivity index (χ0n) is 13.9. The van der Waals surface area contributed by atoms with Crippen molar-refractivity contribution in [1.29, 1.82) is 0 Å². The van der Waals surface area contributed by atoms with Gasteiger partial charge in [0, 0.05) is 26.1 Å². The predicted molar refractivity (Wildman–Crippen MR) is 87.0 cm³/mol. The summed E-state index contributed by atoms with van der Waals surface area (Å²) < 4.78 is 13.5. The van der Waals surface area contributed by atoms with E-state index in [1.165, 1.54) is 12.1 Å². The normalized spacial score (nSPS) is 19.3. The van der Waals surface area contributed by atoms with Crippen molar-refractivity contribution in [2.75, 3.05) is 19.6 Å². The fourth-order valence-corrected chi connectivity index (χ4v) is 2.93. The van der Waals surface area contributed by atoms with Crippen molar-refractivity contribution in [2.24, 2.45) is 5.41 Å². The molecule has 0 bridgehead atoms. The number of hydrogen-bond acceptors (Lipinski definition) is 2. The summed E-state index contributed by atoms with van der Waals surface area (Å²) in [4.78, 5) is 14.5. The molecule has 122 valence electrons. The molecule has 1 N–H and O–H groups in total. The second kappa shape index (κ2) is 7.23. The Morgan fingerprint density at radius 3 is 2.86 bits per heavy atom. The number of nitrogens with zero attached hydrogens (tertiary/aromatic N) is 1. The summed E-state index contributed by atoms with van der Waals surface area (Å²) in [5.74, 6) is -0.0665. The Labute approximate surface area is 132 Å². The lowest BCUT2D eigenvalue weighted by molar-refractivity contribution is -0.134. The van der Waals surface area contributed by atoms with Crippen LogP contribution in [-0.2, 0) is 4.79 Å². The van der Waals surface area contributed by atoms with E-state index < -0.39 is 0 Å². The molecule has 1 unspecified atom stereocenters. The van der Waals surface area contributed by atoms with Crippen LogP contribution in [0.3, 0.4) is 0 Å². The number of nitrogens with one attached hydrogen (secondary N) is 1. The lowest BCUT2D eigenvalue weighted by Crippen LogP contribution is -2.48. The zero-order chi connectivity index (χ0) is 16.2. The molecule has 1 amide bonds. The fourth-order valence-electron chi connectivity index (χ4n) is 2.93. The number of piperazine rings is 1. The summed E-state index contributed by atoms with van der Waals surface area (Å²) in [6.07, 6.45) is 2.51. The summed E-state index contributed by atoms with van der Waals surface area (Å²) >= 11 is 0. The Bertz CT molecular complexity index is 510. The summed E-state index contributed by atoms with van der Waals surface area (Å²) in [5.41, 5.74) is 1.13. The number of amides is 1. The molecular formula is C18H27FN2O. The third kappa shape index (κ3) is 4.80. The molecule has 1 aromatic rings. The molecule has 1 aromatic carbocycles. The van der Waals surface area contributed by atoms with Gasteiger partial charge >= 0.3 is 0 Å². The minimum Gasteiger partial charge on any atom is -0.333 e. The Balaban J connectivity index is 2.01. The van der Waals surface area contributed by atoms with Crippen LogP contribution in [0, 0.1) is 11.2 Å². The zero-order valence-corrected chi connectivity index (χ0v) is 13.9. The van der Waals surface area contributed by atoms with E-state index in [1.54, 1.807) is 6.07 Å². The monoisotopic (exact) mass is 306 g/mol. The van der Waals surface area contributed by atoms with Crippen LogP contribution in [0.1, 0.15) is 51.6 Å². The first kappa shape index (κ1) is 16.9. The molecule has 0 aromatic heterocycles. The maximum Gasteiger partial charge on any atom is 0.223 e. The van der Waals surface area contributed by atoms with E-state index in [0.29, 0.717) is 19.5 Å². The Hall–Kier alpha value is -1.42. The molecule has 3 nitrogen and oxygen atoms in total. The van der Waals surface area contributed by atoms with Crippen LogP contribution in [0.2, 0.25) is 0 Å². The SMILES string of the molecule is CC(C)(C)CCCC(=O)N1CCNCC1c1cccc(F)c1. The van der Waals surface area contributed by atoms with E-state index in [1.807, 2.05) is 11.0 Å². The number of carbonyl (C=O) groups is 1. The molecule has 1 saturated heterocycles. The van der Waals surface area contributed by atoms with Gasteiger partial charge in [-0.3, -0.25) is 4.79 Å². The van der Waals surface area contributed by atoms with E-state index in [0.717, 1.165) is 24.9 Å². The molecule has 1 aliphatic heterocycles. The van der Waals surface area contributed by atoms with Gasteiger partial charge in [0.25, 0.3) is 0 Å². The van der Waals surface area contributed by atoms with Crippen molar-refractivity contribution in [1.82, 2.24) is 10.2 Å². The van der Waals surface area contributed by atoms with Crippen LogP contribution >= 0.6 is 0 Å². The number of hydrogen-bond donors (Lipinski definition) is 1. The third-order valence-electron chi connectivity index (χ3n) is 4.11. The summed E-state index contributed by atoms with van der Waals surface area (Å²) in [6, 6.07) is 6.52. The minimum atomic E-state index is -0.247. The third-order valence-corrected chi connectivity index (χ3v) is 4.11. The van der Waals surface area contributed by atoms with Gasteiger partial charge in [0.1, 0.15) is 5.82 Å². The molecule has 1 atom stereocenters. The molecule has 22 heavy (non-hydrogen) atoms. The highest BCUT2D eigenvalue weighted by Gasteiger charge is 2.27. The highest BCUT2D eigenvalue weighted by atomic mass is 19.1. The van der Waals surface area contributed by atoms with Crippen molar-refractivity contribution >= 4 is 5.91 Å². The van der Waals surface area contributed by atoms with Gasteiger partial charge in [0.2, 0.25) is 5.91 Å². The smallest absolute Gasteiger partial charge is 0.223 e. The van der Waals surface area contributed by atoms with Gasteiger partial charge in [-0.2, -0.15) is 0 Å². The molecule has 0 spiro atoms. The molecule has 1 heterocycles. The quantitative estimate of drug-likeness (QED) is 0.923. The van der Waals surface area contributed by atoms with Crippen LogP contribution in [0.4, 0.5) is 4.39 Å². The number of carbonyl (C=O) groups excluding carboxylic acids is 1. The lowest BCUT2D eigenvalue weighted by atomic mass is 9.89.